The Bertz CT molecular complexity index is 165. The van der Waals surface area contributed by atoms with Crippen molar-refractivity contribution in [3.8, 4) is 0 Å². The van der Waals surface area contributed by atoms with E-state index < -0.39 is 3.92 Å². The van der Waals surface area contributed by atoms with Crippen LogP contribution in [0.25, 0.3) is 0 Å². The van der Waals surface area contributed by atoms with Gasteiger partial charge >= 0.3 is 0 Å². The third-order valence-corrected chi connectivity index (χ3v) is 2.15. The topological polar surface area (TPSA) is 27.6 Å². The molecule has 0 aromatic carbocycles. The second-order valence-electron chi connectivity index (χ2n) is 1.59. The van der Waals surface area contributed by atoms with Crippen LogP contribution in [0.5, 0.6) is 0 Å². The lowest BCUT2D eigenvalue weighted by molar-refractivity contribution is 0.439. The summed E-state index contributed by atoms with van der Waals surface area (Å²) >= 11 is 19.7. The molecule has 0 saturated carbocycles. The predicted octanol–water partition coefficient (Wildman–Crippen LogP) is 1.84. The Morgan fingerprint density at radius 1 is 1.60 bits per heavy atom. The number of halogens is 4. The van der Waals surface area contributed by atoms with Gasteiger partial charge in [0.25, 0.3) is 3.92 Å². The summed E-state index contributed by atoms with van der Waals surface area (Å²) in [5.41, 5.74) is 2.64. The Kier molecular flexibility index (Phi) is 2.55. The summed E-state index contributed by atoms with van der Waals surface area (Å²) < 4.78 is -0.946. The van der Waals surface area contributed by atoms with E-state index in [0.29, 0.717) is 11.4 Å². The molecule has 1 rings (SSSR count). The first-order valence-electron chi connectivity index (χ1n) is 2.32. The highest BCUT2D eigenvalue weighted by molar-refractivity contribution is 9.18. The third kappa shape index (κ3) is 1.81. The van der Waals surface area contributed by atoms with Crippen LogP contribution in [0.3, 0.4) is 0 Å². The van der Waals surface area contributed by atoms with Crippen LogP contribution >= 0.6 is 50.7 Å². The van der Waals surface area contributed by atoms with Crippen LogP contribution in [-0.4, -0.2) is 20.2 Å². The molecule has 0 aromatic heterocycles. The molecule has 0 fully saturated rings. The van der Waals surface area contributed by atoms with Gasteiger partial charge in [0, 0.05) is 0 Å². The van der Waals surface area contributed by atoms with Crippen molar-refractivity contribution in [1.29, 1.82) is 0 Å². The van der Waals surface area contributed by atoms with E-state index in [1.165, 1.54) is 4.90 Å². The van der Waals surface area contributed by atoms with E-state index in [9.17, 15) is 0 Å². The number of hydrogen-bond donors (Lipinski definition) is 1. The number of amidine groups is 1. The van der Waals surface area contributed by atoms with Gasteiger partial charge in [-0.2, -0.15) is 5.10 Å². The summed E-state index contributed by atoms with van der Waals surface area (Å²) in [7, 11) is 0. The van der Waals surface area contributed by atoms with Crippen molar-refractivity contribution >= 4 is 55.5 Å². The van der Waals surface area contributed by atoms with E-state index in [4.69, 9.17) is 34.8 Å². The maximum atomic E-state index is 5.54. The minimum absolute atomic E-state index is 0.400. The monoisotopic (exact) mass is 265 g/mol. The van der Waals surface area contributed by atoms with Crippen molar-refractivity contribution in [3.05, 3.63) is 0 Å². The first-order chi connectivity index (χ1) is 4.52. The van der Waals surface area contributed by atoms with Gasteiger partial charge in [-0.05, 0) is 15.9 Å². The van der Waals surface area contributed by atoms with Crippen LogP contribution in [0.15, 0.2) is 5.10 Å². The molecule has 0 aliphatic carbocycles. The molecule has 0 bridgehead atoms. The van der Waals surface area contributed by atoms with Gasteiger partial charge in [-0.25, -0.2) is 0 Å². The highest BCUT2D eigenvalue weighted by atomic mass is 79.9. The molecule has 0 radical (unpaired) electrons. The van der Waals surface area contributed by atoms with Crippen molar-refractivity contribution in [1.82, 2.24) is 10.3 Å². The van der Waals surface area contributed by atoms with Crippen molar-refractivity contribution in [2.24, 2.45) is 5.10 Å². The Morgan fingerprint density at radius 3 is 2.40 bits per heavy atom. The van der Waals surface area contributed by atoms with Crippen LogP contribution in [-0.2, 0) is 0 Å². The quantitative estimate of drug-likeness (QED) is 0.536. The molecule has 0 saturated heterocycles. The summed E-state index contributed by atoms with van der Waals surface area (Å²) in [5, 5.41) is 3.74. The fraction of sp³-hybridized carbons (Fsp3) is 0.667. The lowest BCUT2D eigenvalue weighted by atomic mass is 10.9. The Hall–Kier alpha value is 0.620. The van der Waals surface area contributed by atoms with Gasteiger partial charge in [0.2, 0.25) is 0 Å². The summed E-state index contributed by atoms with van der Waals surface area (Å²) in [4.78, 5) is 1.44. The zero-order chi connectivity index (χ0) is 7.78. The predicted molar refractivity (Wildman–Crippen MR) is 46.5 cm³/mol. The van der Waals surface area contributed by atoms with Crippen molar-refractivity contribution in [2.75, 3.05) is 6.67 Å². The molecular formula is C3H3BrCl3N3. The Morgan fingerprint density at radius 2 is 2.20 bits per heavy atom. The van der Waals surface area contributed by atoms with Crippen LogP contribution in [0.1, 0.15) is 0 Å². The lowest BCUT2D eigenvalue weighted by Gasteiger charge is -2.23. The standard InChI is InChI=1S/C3H3BrCl3N3/c4-2-9-8-1-10(2)3(5,6)7/h8H,1H2. The van der Waals surface area contributed by atoms with Gasteiger partial charge in [0.15, 0.2) is 4.74 Å². The highest BCUT2D eigenvalue weighted by Crippen LogP contribution is 2.32. The van der Waals surface area contributed by atoms with E-state index in [2.05, 4.69) is 26.5 Å². The summed E-state index contributed by atoms with van der Waals surface area (Å²) in [6.07, 6.45) is 0. The first-order valence-corrected chi connectivity index (χ1v) is 4.25. The molecule has 1 aliphatic rings. The molecule has 0 amide bonds. The summed E-state index contributed by atoms with van der Waals surface area (Å²) in [5.74, 6) is 0. The van der Waals surface area contributed by atoms with Gasteiger partial charge in [-0.15, -0.1) is 0 Å². The smallest absolute Gasteiger partial charge is 0.271 e. The number of nitrogens with one attached hydrogen (secondary N) is 1. The number of nitrogens with zero attached hydrogens (tertiary/aromatic N) is 2. The van der Waals surface area contributed by atoms with E-state index >= 15 is 0 Å². The van der Waals surface area contributed by atoms with Crippen molar-refractivity contribution < 1.29 is 0 Å². The maximum absolute atomic E-state index is 5.54. The number of hydrogen-bond acceptors (Lipinski definition) is 3. The molecular weight excluding hydrogens is 264 g/mol. The van der Waals surface area contributed by atoms with E-state index in [0.717, 1.165) is 0 Å². The fourth-order valence-electron chi connectivity index (χ4n) is 0.491. The van der Waals surface area contributed by atoms with Gasteiger partial charge in [0.1, 0.15) is 6.67 Å². The maximum Gasteiger partial charge on any atom is 0.271 e. The zero-order valence-corrected chi connectivity index (χ0v) is 8.47. The van der Waals surface area contributed by atoms with Gasteiger partial charge < -0.3 is 0 Å². The third-order valence-electron chi connectivity index (χ3n) is 0.929. The van der Waals surface area contributed by atoms with Crippen LogP contribution in [0.4, 0.5) is 0 Å². The number of hydrazone groups is 1. The molecule has 7 heteroatoms. The molecule has 0 atom stereocenters. The Labute approximate surface area is 81.4 Å². The normalized spacial score (nSPS) is 18.8. The van der Waals surface area contributed by atoms with Gasteiger partial charge in [-0.1, -0.05) is 34.8 Å². The molecule has 1 N–H and O–H groups in total. The van der Waals surface area contributed by atoms with Crippen molar-refractivity contribution in [3.63, 3.8) is 0 Å². The molecule has 58 valence electrons. The fourth-order valence-corrected chi connectivity index (χ4v) is 1.73. The zero-order valence-electron chi connectivity index (χ0n) is 4.61. The molecule has 0 aromatic rings. The van der Waals surface area contributed by atoms with E-state index in [-0.39, 0.29) is 0 Å². The summed E-state index contributed by atoms with van der Waals surface area (Å²) in [6.45, 7) is 0.400. The molecule has 0 unspecified atom stereocenters. The Balaban J connectivity index is 2.67. The second-order valence-corrected chi connectivity index (χ2v) is 4.52. The SMILES string of the molecule is ClC(Cl)(Cl)N1CNN=C1Br. The van der Waals surface area contributed by atoms with Crippen LogP contribution < -0.4 is 5.43 Å². The van der Waals surface area contributed by atoms with Crippen molar-refractivity contribution in [2.45, 2.75) is 3.92 Å². The van der Waals surface area contributed by atoms with Gasteiger partial charge in [-0.3, -0.25) is 10.3 Å². The molecule has 1 aliphatic heterocycles. The molecule has 3 nitrogen and oxygen atoms in total. The van der Waals surface area contributed by atoms with Crippen LogP contribution in [0.2, 0.25) is 0 Å². The molecule has 1 heterocycles. The number of alkyl halides is 3. The average molecular weight is 267 g/mol. The summed E-state index contributed by atoms with van der Waals surface area (Å²) in [6, 6.07) is 0. The molecule has 10 heavy (non-hydrogen) atoms. The van der Waals surface area contributed by atoms with Crippen LogP contribution in [0, 0.1) is 0 Å². The largest absolute Gasteiger partial charge is 0.288 e. The minimum Gasteiger partial charge on any atom is -0.288 e. The average Bonchev–Trinajstić information content (AvgIpc) is 2.11. The lowest BCUT2D eigenvalue weighted by Crippen LogP contribution is -2.37. The van der Waals surface area contributed by atoms with Gasteiger partial charge in [0.05, 0.1) is 0 Å². The van der Waals surface area contributed by atoms with E-state index in [1.54, 1.807) is 0 Å². The number of rotatable bonds is 0. The minimum atomic E-state index is -1.44. The van der Waals surface area contributed by atoms with E-state index in [1.807, 2.05) is 0 Å². The second kappa shape index (κ2) is 2.93. The first kappa shape index (κ1) is 8.71. The highest BCUT2D eigenvalue weighted by Gasteiger charge is 2.33. The molecule has 0 spiro atoms.